The molecule has 4 rings (SSSR count). The number of ether oxygens (including phenoxy) is 6. The van der Waals surface area contributed by atoms with Crippen molar-refractivity contribution in [1.82, 2.24) is 20.9 Å². The highest BCUT2D eigenvalue weighted by molar-refractivity contribution is 14.1. The third-order valence-electron chi connectivity index (χ3n) is 8.36. The van der Waals surface area contributed by atoms with E-state index in [0.717, 1.165) is 35.0 Å². The molecule has 0 atom stereocenters. The molecule has 0 saturated heterocycles. The molecule has 6 N–H and O–H groups in total. The highest BCUT2D eigenvalue weighted by Crippen LogP contribution is 2.17. The van der Waals surface area contributed by atoms with Crippen LogP contribution in [0, 0.1) is 14.3 Å². The number of aromatic hydroxyl groups is 1. The van der Waals surface area contributed by atoms with Gasteiger partial charge in [0.25, 0.3) is 0 Å². The third kappa shape index (κ3) is 53.4. The molecule has 0 radical (unpaired) electrons. The van der Waals surface area contributed by atoms with Crippen molar-refractivity contribution >= 4 is 165 Å². The second-order valence-electron chi connectivity index (χ2n) is 19.1. The van der Waals surface area contributed by atoms with E-state index < -0.39 is 22.9 Å². The predicted molar refractivity (Wildman–Crippen MR) is 372 cm³/mol. The van der Waals surface area contributed by atoms with Crippen LogP contribution in [-0.2, 0) is 28.6 Å². The van der Waals surface area contributed by atoms with Gasteiger partial charge in [-0.05, 0) is 262 Å². The van der Waals surface area contributed by atoms with E-state index >= 15 is 0 Å². The summed E-state index contributed by atoms with van der Waals surface area (Å²) < 4.78 is 36.7. The maximum Gasteiger partial charge on any atom is 0.410 e. The molecule has 17 nitrogen and oxygen atoms in total. The molecule has 24 heteroatoms. The Hall–Kier alpha value is -3.36. The van der Waals surface area contributed by atoms with Crippen LogP contribution in [-0.4, -0.2) is 128 Å². The van der Waals surface area contributed by atoms with Gasteiger partial charge in [0.15, 0.2) is 0 Å². The minimum atomic E-state index is -0.586. The van der Waals surface area contributed by atoms with E-state index in [1.165, 1.54) is 24.2 Å². The van der Waals surface area contributed by atoms with Gasteiger partial charge in [-0.2, -0.15) is 0 Å². The van der Waals surface area contributed by atoms with Crippen LogP contribution in [0.5, 0.6) is 23.0 Å². The summed E-state index contributed by atoms with van der Waals surface area (Å²) in [6.07, 6.45) is 6.47. The number of amides is 4. The van der Waals surface area contributed by atoms with Gasteiger partial charge in [-0.1, -0.05) is 44.0 Å². The molecule has 0 heterocycles. The van der Waals surface area contributed by atoms with Crippen molar-refractivity contribution in [2.75, 3.05) is 70.8 Å². The number of alkyl halides is 2. The van der Waals surface area contributed by atoms with Crippen molar-refractivity contribution in [2.45, 2.75) is 92.0 Å². The first kappa shape index (κ1) is 82.9. The number of hydrogen-bond donors (Lipinski definition) is 5. The number of nitrogens with zero attached hydrogens (tertiary/aromatic N) is 1. The van der Waals surface area contributed by atoms with Gasteiger partial charge < -0.3 is 60.1 Å². The van der Waals surface area contributed by atoms with Crippen molar-refractivity contribution in [3.8, 4) is 23.0 Å². The molecular formula is C58H82Br2ClI4N5O12. The van der Waals surface area contributed by atoms with Crippen LogP contribution < -0.4 is 35.9 Å². The molecule has 4 aromatic carbocycles. The van der Waals surface area contributed by atoms with Gasteiger partial charge in [-0.25, -0.2) is 9.59 Å². The molecule has 4 aromatic rings. The number of carbonyl (C=O) groups excluding carboxylic acids is 5. The fourth-order valence-electron chi connectivity index (χ4n) is 4.94. The summed E-state index contributed by atoms with van der Waals surface area (Å²) in [6.45, 7) is 19.7. The topological polar surface area (TPSA) is 226 Å². The van der Waals surface area contributed by atoms with Gasteiger partial charge in [0, 0.05) is 71.2 Å². The van der Waals surface area contributed by atoms with Gasteiger partial charge in [0.05, 0.1) is 13.2 Å². The smallest absolute Gasteiger partial charge is 0.410 e. The lowest BCUT2D eigenvalue weighted by molar-refractivity contribution is -0.155. The SMILES string of the molecule is CC(C)(C)OC(=O)CCCOc1ccc(I)cc1.CC(C)(C)OC(=O)NCCBr.CNC(=O)/C=C/CBr.CNC(=O)/C=C/CN(CCOc1ccc(I)cc1)C(=O)OC(C)(C)C.Cl.NCCOc1ccc(I)cc1.Oc1ccc(I)cc1. The number of allylic oxidation sites excluding steroid dienone is 1. The van der Waals surface area contributed by atoms with Crippen molar-refractivity contribution in [3.05, 3.63) is 136 Å². The number of nitrogens with two attached hydrogens (primary N) is 1. The standard InChI is InChI=1S/C18H25IN2O4.C14H19IO3.C8H10INO.C7H14BrNO2.C6H5IO.C5H8BrNO.ClH/c1-18(2,3)25-17(23)21(11-5-6-16(22)20-4)12-13-24-15-9-7-14(19)8-10-15;1-14(2,3)18-13(16)5-4-10-17-12-8-6-11(15)7-9-12;9-7-1-3-8(4-2-7)11-6-5-10;1-7(2,3)11-6(10)9-5-4-8;7-5-1-3-6(8)4-2-5;1-7-5(8)3-2-4-6;/h5-10H,11-13H2,1-4H3,(H,20,22);6-9H,4-5,10H2,1-3H3;1-4H,5-6,10H2;4-5H2,1-3H3,(H,9,10);1-4,8H;2-3H,4H2,1H3,(H,7,8);1H/b6-5+;;;;;3-2+;. The van der Waals surface area contributed by atoms with Crippen LogP contribution >= 0.6 is 135 Å². The first-order chi connectivity index (χ1) is 38.0. The molecule has 0 aliphatic carbocycles. The molecule has 4 amide bonds. The van der Waals surface area contributed by atoms with Crippen LogP contribution in [0.4, 0.5) is 9.59 Å². The second-order valence-corrected chi connectivity index (χ2v) is 25.5. The number of benzene rings is 4. The van der Waals surface area contributed by atoms with E-state index in [4.69, 9.17) is 39.3 Å². The Kier molecular flexibility index (Phi) is 49.3. The predicted octanol–water partition coefficient (Wildman–Crippen LogP) is 13.6. The molecule has 82 heavy (non-hydrogen) atoms. The Morgan fingerprint density at radius 1 is 0.585 bits per heavy atom. The normalized spacial score (nSPS) is 10.5. The number of halogens is 7. The van der Waals surface area contributed by atoms with Gasteiger partial charge in [-0.3, -0.25) is 14.4 Å². The molecule has 0 aliphatic heterocycles. The van der Waals surface area contributed by atoms with Gasteiger partial charge in [-0.15, -0.1) is 12.4 Å². The van der Waals surface area contributed by atoms with E-state index in [1.807, 2.05) is 147 Å². The lowest BCUT2D eigenvalue weighted by atomic mass is 10.2. The van der Waals surface area contributed by atoms with Crippen LogP contribution in [0.25, 0.3) is 0 Å². The molecule has 0 aromatic heterocycles. The highest BCUT2D eigenvalue weighted by Gasteiger charge is 2.22. The molecular weight excluding hydrogens is 1660 g/mol. The minimum Gasteiger partial charge on any atom is -0.508 e. The zero-order valence-electron chi connectivity index (χ0n) is 48.5. The number of rotatable bonds is 19. The van der Waals surface area contributed by atoms with Crippen LogP contribution in [0.1, 0.15) is 75.2 Å². The summed E-state index contributed by atoms with van der Waals surface area (Å²) in [7, 11) is 3.15. The van der Waals surface area contributed by atoms with Crippen LogP contribution in [0.15, 0.2) is 121 Å². The average molecular weight is 1740 g/mol. The Bertz CT molecular complexity index is 2390. The number of phenolic OH excluding ortho intramolecular Hbond substituents is 1. The quantitative estimate of drug-likeness (QED) is 0.0147. The maximum absolute atomic E-state index is 12.3. The van der Waals surface area contributed by atoms with Crippen LogP contribution in [0.2, 0.25) is 0 Å². The Balaban J connectivity index is -0.000000962. The number of nitrogens with one attached hydrogen (secondary N) is 3. The lowest BCUT2D eigenvalue weighted by Gasteiger charge is -2.26. The first-order valence-corrected chi connectivity index (χ1v) is 31.9. The fraction of sp³-hybridized carbons (Fsp3) is 0.431. The van der Waals surface area contributed by atoms with Gasteiger partial charge >= 0.3 is 18.2 Å². The molecule has 0 unspecified atom stereocenters. The van der Waals surface area contributed by atoms with Crippen molar-refractivity contribution in [3.63, 3.8) is 0 Å². The summed E-state index contributed by atoms with van der Waals surface area (Å²) in [5.41, 5.74) is 3.88. The average Bonchev–Trinajstić information content (AvgIpc) is 3.39. The van der Waals surface area contributed by atoms with E-state index in [-0.39, 0.29) is 42.8 Å². The number of alkyl carbamates (subject to hydrolysis) is 1. The number of likely N-dealkylation sites (N-methyl/N-ethyl adjacent to an activating group) is 2. The van der Waals surface area contributed by atoms with E-state index in [9.17, 15) is 24.0 Å². The molecule has 0 saturated carbocycles. The fourth-order valence-corrected chi connectivity index (χ4v) is 6.76. The van der Waals surface area contributed by atoms with Gasteiger partial charge in [0.1, 0.15) is 53.0 Å². The lowest BCUT2D eigenvalue weighted by Crippen LogP contribution is -2.39. The third-order valence-corrected chi connectivity index (χ3v) is 12.0. The number of carbonyl (C=O) groups is 5. The summed E-state index contributed by atoms with van der Waals surface area (Å²) in [5, 5.41) is 17.7. The number of phenols is 1. The summed E-state index contributed by atoms with van der Waals surface area (Å²) in [4.78, 5) is 57.7. The minimum absolute atomic E-state index is 0. The Morgan fingerprint density at radius 3 is 1.34 bits per heavy atom. The van der Waals surface area contributed by atoms with Crippen molar-refractivity contribution < 1.29 is 57.5 Å². The summed E-state index contributed by atoms with van der Waals surface area (Å²) in [5.74, 6) is 2.32. The largest absolute Gasteiger partial charge is 0.508 e. The van der Waals surface area contributed by atoms with E-state index in [0.29, 0.717) is 58.0 Å². The van der Waals surface area contributed by atoms with Crippen molar-refractivity contribution in [1.29, 1.82) is 0 Å². The molecule has 0 fully saturated rings. The zero-order valence-corrected chi connectivity index (χ0v) is 61.1. The van der Waals surface area contributed by atoms with Crippen LogP contribution in [0.3, 0.4) is 0 Å². The molecule has 0 bridgehead atoms. The Labute approximate surface area is 564 Å². The first-order valence-electron chi connectivity index (χ1n) is 25.3. The zero-order chi connectivity index (χ0) is 61.9. The maximum atomic E-state index is 12.3. The van der Waals surface area contributed by atoms with Gasteiger partial charge in [0.2, 0.25) is 11.8 Å². The van der Waals surface area contributed by atoms with Crippen molar-refractivity contribution in [2.24, 2.45) is 5.73 Å². The Morgan fingerprint density at radius 2 is 0.976 bits per heavy atom. The second kappa shape index (κ2) is 48.8. The molecule has 0 aliphatic rings. The summed E-state index contributed by atoms with van der Waals surface area (Å²) in [6, 6.07) is 30.4. The van der Waals surface area contributed by atoms with E-state index in [1.54, 1.807) is 38.4 Å². The monoisotopic (exact) mass is 1740 g/mol. The van der Waals surface area contributed by atoms with E-state index in [2.05, 4.69) is 138 Å². The summed E-state index contributed by atoms with van der Waals surface area (Å²) >= 11 is 15.2. The highest BCUT2D eigenvalue weighted by atomic mass is 127. The number of hydrogen-bond acceptors (Lipinski definition) is 13. The number of esters is 1. The molecule has 0 spiro atoms. The molecule has 460 valence electrons.